The predicted molar refractivity (Wildman–Crippen MR) is 125 cm³/mol. The van der Waals surface area contributed by atoms with Gasteiger partial charge in [0.25, 0.3) is 0 Å². The summed E-state index contributed by atoms with van der Waals surface area (Å²) in [5.41, 5.74) is 1.82. The Morgan fingerprint density at radius 3 is 2.28 bits per heavy atom. The SMILES string of the molecule is CNC(=O)C(C)N(Cc1ccc(OC)cc1)C(=O)CN(c1ccc(C)c(Cl)c1)S(C)(=O)=O. The molecular weight excluding hydrogens is 454 g/mol. The van der Waals surface area contributed by atoms with E-state index in [0.29, 0.717) is 10.8 Å². The van der Waals surface area contributed by atoms with Gasteiger partial charge in [-0.3, -0.25) is 13.9 Å². The molecule has 0 aromatic heterocycles. The fourth-order valence-electron chi connectivity index (χ4n) is 3.07. The molecule has 0 fully saturated rings. The smallest absolute Gasteiger partial charge is 0.244 e. The van der Waals surface area contributed by atoms with Crippen LogP contribution >= 0.6 is 11.6 Å². The Balaban J connectivity index is 2.38. The van der Waals surface area contributed by atoms with Crippen LogP contribution in [0, 0.1) is 6.92 Å². The summed E-state index contributed by atoms with van der Waals surface area (Å²) in [7, 11) is -0.770. The molecule has 0 radical (unpaired) electrons. The van der Waals surface area contributed by atoms with Crippen molar-refractivity contribution >= 4 is 39.1 Å². The Hall–Kier alpha value is -2.78. The van der Waals surface area contributed by atoms with Gasteiger partial charge in [0.1, 0.15) is 18.3 Å². The summed E-state index contributed by atoms with van der Waals surface area (Å²) in [6, 6.07) is 11.0. The molecule has 0 heterocycles. The minimum Gasteiger partial charge on any atom is -0.497 e. The van der Waals surface area contributed by atoms with Crippen molar-refractivity contribution in [2.75, 3.05) is 31.3 Å². The molecule has 1 unspecified atom stereocenters. The number of benzene rings is 2. The lowest BCUT2D eigenvalue weighted by Gasteiger charge is -2.31. The number of likely N-dealkylation sites (N-methyl/N-ethyl adjacent to an activating group) is 1. The number of carbonyl (C=O) groups is 2. The number of nitrogens with one attached hydrogen (secondary N) is 1. The Morgan fingerprint density at radius 1 is 1.16 bits per heavy atom. The van der Waals surface area contributed by atoms with E-state index in [1.54, 1.807) is 57.4 Å². The largest absolute Gasteiger partial charge is 0.497 e. The number of anilines is 1. The van der Waals surface area contributed by atoms with Crippen molar-refractivity contribution < 1.29 is 22.7 Å². The zero-order valence-corrected chi connectivity index (χ0v) is 20.3. The van der Waals surface area contributed by atoms with Crippen molar-refractivity contribution in [3.05, 3.63) is 58.6 Å². The Labute approximate surface area is 194 Å². The maximum absolute atomic E-state index is 13.3. The molecule has 0 saturated heterocycles. The number of methoxy groups -OCH3 is 1. The maximum atomic E-state index is 13.3. The minimum absolute atomic E-state index is 0.115. The van der Waals surface area contributed by atoms with Crippen LogP contribution < -0.4 is 14.4 Å². The first-order valence-corrected chi connectivity index (χ1v) is 12.1. The molecule has 2 aromatic rings. The zero-order valence-electron chi connectivity index (χ0n) is 18.8. The molecule has 0 aliphatic carbocycles. The molecular formula is C22H28ClN3O5S. The number of rotatable bonds is 9. The average Bonchev–Trinajstić information content (AvgIpc) is 2.76. The highest BCUT2D eigenvalue weighted by atomic mass is 35.5. The van der Waals surface area contributed by atoms with E-state index < -0.39 is 28.5 Å². The Kier molecular flexibility index (Phi) is 8.51. The number of nitrogens with zero attached hydrogens (tertiary/aromatic N) is 2. The number of ether oxygens (including phenoxy) is 1. The van der Waals surface area contributed by atoms with Crippen LogP contribution in [0.2, 0.25) is 5.02 Å². The highest BCUT2D eigenvalue weighted by Crippen LogP contribution is 2.25. The van der Waals surface area contributed by atoms with Crippen molar-refractivity contribution in [1.29, 1.82) is 0 Å². The molecule has 0 aliphatic heterocycles. The summed E-state index contributed by atoms with van der Waals surface area (Å²) >= 11 is 6.17. The van der Waals surface area contributed by atoms with Crippen molar-refractivity contribution in [2.45, 2.75) is 26.4 Å². The first-order valence-electron chi connectivity index (χ1n) is 9.85. The number of hydrogen-bond donors (Lipinski definition) is 1. The first kappa shape index (κ1) is 25.5. The second-order valence-corrected chi connectivity index (χ2v) is 9.68. The van der Waals surface area contributed by atoms with E-state index in [1.807, 2.05) is 0 Å². The van der Waals surface area contributed by atoms with E-state index in [4.69, 9.17) is 16.3 Å². The van der Waals surface area contributed by atoms with E-state index in [0.717, 1.165) is 21.7 Å². The van der Waals surface area contributed by atoms with Crippen LogP contribution in [0.25, 0.3) is 0 Å². The second kappa shape index (κ2) is 10.7. The Morgan fingerprint density at radius 2 is 1.78 bits per heavy atom. The number of carbonyl (C=O) groups excluding carboxylic acids is 2. The highest BCUT2D eigenvalue weighted by molar-refractivity contribution is 7.92. The third-order valence-corrected chi connectivity index (χ3v) is 6.60. The molecule has 0 bridgehead atoms. The molecule has 8 nitrogen and oxygen atoms in total. The number of sulfonamides is 1. The van der Waals surface area contributed by atoms with Crippen LogP contribution in [0.4, 0.5) is 5.69 Å². The number of hydrogen-bond acceptors (Lipinski definition) is 5. The van der Waals surface area contributed by atoms with Crippen molar-refractivity contribution in [1.82, 2.24) is 10.2 Å². The van der Waals surface area contributed by atoms with E-state index in [-0.39, 0.29) is 18.1 Å². The summed E-state index contributed by atoms with van der Waals surface area (Å²) in [4.78, 5) is 26.9. The summed E-state index contributed by atoms with van der Waals surface area (Å²) < 4.78 is 31.1. The number of amides is 2. The quantitative estimate of drug-likeness (QED) is 0.594. The van der Waals surface area contributed by atoms with Gasteiger partial charge in [-0.1, -0.05) is 29.8 Å². The van der Waals surface area contributed by atoms with Crippen LogP contribution in [-0.4, -0.2) is 58.1 Å². The topological polar surface area (TPSA) is 96.0 Å². The molecule has 174 valence electrons. The molecule has 2 amide bonds. The lowest BCUT2D eigenvalue weighted by Crippen LogP contribution is -2.50. The van der Waals surface area contributed by atoms with Gasteiger partial charge in [-0.15, -0.1) is 0 Å². The fourth-order valence-corrected chi connectivity index (χ4v) is 4.09. The van der Waals surface area contributed by atoms with E-state index in [9.17, 15) is 18.0 Å². The molecule has 0 spiro atoms. The third-order valence-electron chi connectivity index (χ3n) is 5.05. The van der Waals surface area contributed by atoms with E-state index >= 15 is 0 Å². The molecule has 2 rings (SSSR count). The molecule has 1 N–H and O–H groups in total. The van der Waals surface area contributed by atoms with Gasteiger partial charge < -0.3 is 15.0 Å². The zero-order chi connectivity index (χ0) is 24.1. The molecule has 32 heavy (non-hydrogen) atoms. The van der Waals surface area contributed by atoms with Crippen molar-refractivity contribution in [3.8, 4) is 5.75 Å². The van der Waals surface area contributed by atoms with Gasteiger partial charge in [-0.05, 0) is 49.2 Å². The van der Waals surface area contributed by atoms with Crippen LogP contribution in [0.3, 0.4) is 0 Å². The number of halogens is 1. The molecule has 0 aliphatic rings. The fraction of sp³-hybridized carbons (Fsp3) is 0.364. The Bertz CT molecular complexity index is 1070. The van der Waals surface area contributed by atoms with Crippen LogP contribution in [-0.2, 0) is 26.2 Å². The van der Waals surface area contributed by atoms with Crippen LogP contribution in [0.15, 0.2) is 42.5 Å². The molecule has 0 saturated carbocycles. The first-order chi connectivity index (χ1) is 15.0. The second-order valence-electron chi connectivity index (χ2n) is 7.36. The van der Waals surface area contributed by atoms with Gasteiger partial charge in [0.05, 0.1) is 19.1 Å². The minimum atomic E-state index is -3.80. The monoisotopic (exact) mass is 481 g/mol. The van der Waals surface area contributed by atoms with E-state index in [1.165, 1.54) is 18.0 Å². The van der Waals surface area contributed by atoms with Gasteiger partial charge >= 0.3 is 0 Å². The highest BCUT2D eigenvalue weighted by Gasteiger charge is 2.29. The lowest BCUT2D eigenvalue weighted by molar-refractivity contribution is -0.139. The number of aryl methyl sites for hydroxylation is 1. The van der Waals surface area contributed by atoms with Gasteiger partial charge in [0.2, 0.25) is 21.8 Å². The van der Waals surface area contributed by atoms with Gasteiger partial charge in [0, 0.05) is 18.6 Å². The summed E-state index contributed by atoms with van der Waals surface area (Å²) in [6.07, 6.45) is 1.02. The molecule has 10 heteroatoms. The van der Waals surface area contributed by atoms with Crippen LogP contribution in [0.5, 0.6) is 5.75 Å². The standard InChI is InChI=1S/C22H28ClN3O5S/c1-15-6-9-18(12-20(15)23)26(32(5,29)30)14-21(27)25(16(2)22(28)24-3)13-17-7-10-19(31-4)11-8-17/h6-12,16H,13-14H2,1-5H3,(H,24,28). The predicted octanol–water partition coefficient (Wildman–Crippen LogP) is 2.59. The third kappa shape index (κ3) is 6.37. The summed E-state index contributed by atoms with van der Waals surface area (Å²) in [5, 5.41) is 2.92. The maximum Gasteiger partial charge on any atom is 0.244 e. The van der Waals surface area contributed by atoms with Gasteiger partial charge in [-0.2, -0.15) is 0 Å². The average molecular weight is 482 g/mol. The van der Waals surface area contributed by atoms with Gasteiger partial charge in [-0.25, -0.2) is 8.42 Å². The molecule has 2 aromatic carbocycles. The van der Waals surface area contributed by atoms with Crippen LogP contribution in [0.1, 0.15) is 18.1 Å². The lowest BCUT2D eigenvalue weighted by atomic mass is 10.1. The van der Waals surface area contributed by atoms with Gasteiger partial charge in [0.15, 0.2) is 0 Å². The summed E-state index contributed by atoms with van der Waals surface area (Å²) in [5.74, 6) is -0.235. The van der Waals surface area contributed by atoms with Crippen molar-refractivity contribution in [3.63, 3.8) is 0 Å². The summed E-state index contributed by atoms with van der Waals surface area (Å²) in [6.45, 7) is 3.02. The van der Waals surface area contributed by atoms with Crippen molar-refractivity contribution in [2.24, 2.45) is 0 Å². The molecule has 1 atom stereocenters. The van der Waals surface area contributed by atoms with E-state index in [2.05, 4.69) is 5.32 Å². The normalized spacial score (nSPS) is 12.1.